The zero-order valence-electron chi connectivity index (χ0n) is 10.4. The molecule has 4 nitrogen and oxygen atoms in total. The molecule has 1 saturated heterocycles. The lowest BCUT2D eigenvalue weighted by molar-refractivity contribution is -0.128. The van der Waals surface area contributed by atoms with Gasteiger partial charge < -0.3 is 4.90 Å². The van der Waals surface area contributed by atoms with Crippen molar-refractivity contribution in [1.29, 1.82) is 0 Å². The molecule has 1 fully saturated rings. The molecule has 0 spiro atoms. The molecule has 0 aromatic heterocycles. The van der Waals surface area contributed by atoms with Crippen LogP contribution in [0.3, 0.4) is 0 Å². The minimum absolute atomic E-state index is 0.174. The number of rotatable bonds is 6. The van der Waals surface area contributed by atoms with Gasteiger partial charge in [-0.2, -0.15) is 0 Å². The van der Waals surface area contributed by atoms with Crippen LogP contribution in [0.1, 0.15) is 26.7 Å². The fourth-order valence-corrected chi connectivity index (χ4v) is 2.50. The minimum Gasteiger partial charge on any atom is -0.326 e. The summed E-state index contributed by atoms with van der Waals surface area (Å²) >= 11 is 0. The van der Waals surface area contributed by atoms with Crippen LogP contribution < -0.4 is 5.32 Å². The molecule has 0 saturated carbocycles. The molecule has 0 bridgehead atoms. The fraction of sp³-hybridized carbons (Fsp3) is 0.909. The zero-order chi connectivity index (χ0) is 12.1. The first-order valence-corrected chi connectivity index (χ1v) is 7.56. The predicted octanol–water partition coefficient (Wildman–Crippen LogP) is 0.559. The highest BCUT2D eigenvalue weighted by atomic mass is 32.2. The number of nitrogens with zero attached hydrogens (tertiary/aromatic N) is 1. The first-order chi connectivity index (χ1) is 7.50. The number of hydrogen-bond acceptors (Lipinski definition) is 3. The van der Waals surface area contributed by atoms with Crippen molar-refractivity contribution in [3.63, 3.8) is 0 Å². The Morgan fingerprint density at radius 1 is 1.56 bits per heavy atom. The molecule has 0 radical (unpaired) electrons. The summed E-state index contributed by atoms with van der Waals surface area (Å²) in [6.45, 7) is 5.49. The van der Waals surface area contributed by atoms with Crippen LogP contribution in [0.5, 0.6) is 0 Å². The summed E-state index contributed by atoms with van der Waals surface area (Å²) in [5.74, 6) is 1.43. The standard InChI is InChI=1S/C11H22N2O2S/c1-9(2)7-10-12-8-11(14)13(10)5-4-6-16(3)15/h9-10,12H,4-8H2,1-3H3. The SMILES string of the molecule is CC(C)CC1NCC(=O)N1CCCS(C)=O. The Labute approximate surface area is 100 Å². The Morgan fingerprint density at radius 2 is 2.25 bits per heavy atom. The van der Waals surface area contributed by atoms with Gasteiger partial charge in [-0.25, -0.2) is 0 Å². The molecule has 0 aromatic carbocycles. The van der Waals surface area contributed by atoms with Gasteiger partial charge in [0.05, 0.1) is 12.7 Å². The Balaban J connectivity index is 2.40. The van der Waals surface area contributed by atoms with Gasteiger partial charge in [-0.05, 0) is 18.8 Å². The second kappa shape index (κ2) is 6.35. The van der Waals surface area contributed by atoms with Gasteiger partial charge in [-0.15, -0.1) is 0 Å². The van der Waals surface area contributed by atoms with Gasteiger partial charge in [0, 0.05) is 29.4 Å². The highest BCUT2D eigenvalue weighted by Gasteiger charge is 2.29. The summed E-state index contributed by atoms with van der Waals surface area (Å²) in [5.41, 5.74) is 0. The van der Waals surface area contributed by atoms with E-state index in [-0.39, 0.29) is 12.1 Å². The van der Waals surface area contributed by atoms with Gasteiger partial charge in [-0.3, -0.25) is 14.3 Å². The van der Waals surface area contributed by atoms with Crippen molar-refractivity contribution in [2.45, 2.75) is 32.9 Å². The summed E-state index contributed by atoms with van der Waals surface area (Å²) in [5, 5.41) is 3.23. The summed E-state index contributed by atoms with van der Waals surface area (Å²) in [7, 11) is -0.757. The summed E-state index contributed by atoms with van der Waals surface area (Å²) in [6.07, 6.45) is 3.69. The Kier molecular flexibility index (Phi) is 5.41. The van der Waals surface area contributed by atoms with Crippen LogP contribution in [0, 0.1) is 5.92 Å². The quantitative estimate of drug-likeness (QED) is 0.745. The average Bonchev–Trinajstić information content (AvgIpc) is 2.48. The molecular weight excluding hydrogens is 224 g/mol. The molecular formula is C11H22N2O2S. The summed E-state index contributed by atoms with van der Waals surface area (Å²) in [4.78, 5) is 13.5. The van der Waals surface area contributed by atoms with Gasteiger partial charge in [0.15, 0.2) is 0 Å². The highest BCUT2D eigenvalue weighted by molar-refractivity contribution is 7.84. The van der Waals surface area contributed by atoms with E-state index in [1.807, 2.05) is 4.90 Å². The third-order valence-corrected chi connectivity index (χ3v) is 3.57. The van der Waals surface area contributed by atoms with Crippen LogP contribution in [0.25, 0.3) is 0 Å². The van der Waals surface area contributed by atoms with E-state index in [0.29, 0.717) is 18.2 Å². The van der Waals surface area contributed by atoms with Crippen molar-refractivity contribution < 1.29 is 9.00 Å². The van der Waals surface area contributed by atoms with E-state index in [1.165, 1.54) is 0 Å². The normalized spacial score (nSPS) is 23.1. The number of amides is 1. The maximum absolute atomic E-state index is 11.6. The average molecular weight is 246 g/mol. The molecule has 2 atom stereocenters. The van der Waals surface area contributed by atoms with E-state index in [4.69, 9.17) is 0 Å². The second-order valence-corrected chi connectivity index (χ2v) is 6.30. The maximum atomic E-state index is 11.6. The van der Waals surface area contributed by atoms with E-state index < -0.39 is 10.8 Å². The number of carbonyl (C=O) groups is 1. The van der Waals surface area contributed by atoms with Crippen LogP contribution in [0.4, 0.5) is 0 Å². The lowest BCUT2D eigenvalue weighted by Gasteiger charge is -2.25. The molecule has 1 amide bonds. The second-order valence-electron chi connectivity index (χ2n) is 4.74. The molecule has 2 unspecified atom stereocenters. The molecule has 1 heterocycles. The van der Waals surface area contributed by atoms with Crippen LogP contribution in [0.2, 0.25) is 0 Å². The molecule has 5 heteroatoms. The summed E-state index contributed by atoms with van der Waals surface area (Å²) < 4.78 is 11.0. The largest absolute Gasteiger partial charge is 0.326 e. The zero-order valence-corrected chi connectivity index (χ0v) is 11.2. The molecule has 1 rings (SSSR count). The van der Waals surface area contributed by atoms with Crippen molar-refractivity contribution in [2.75, 3.05) is 25.1 Å². The van der Waals surface area contributed by atoms with E-state index >= 15 is 0 Å². The monoisotopic (exact) mass is 246 g/mol. The minimum atomic E-state index is -0.757. The van der Waals surface area contributed by atoms with Crippen LogP contribution in [-0.4, -0.2) is 46.3 Å². The lowest BCUT2D eigenvalue weighted by atomic mass is 10.1. The highest BCUT2D eigenvalue weighted by Crippen LogP contribution is 2.14. The number of hydrogen-bond donors (Lipinski definition) is 1. The lowest BCUT2D eigenvalue weighted by Crippen LogP contribution is -2.39. The van der Waals surface area contributed by atoms with Crippen LogP contribution >= 0.6 is 0 Å². The van der Waals surface area contributed by atoms with Crippen LogP contribution in [0.15, 0.2) is 0 Å². The summed E-state index contributed by atoms with van der Waals surface area (Å²) in [6, 6.07) is 0. The molecule has 16 heavy (non-hydrogen) atoms. The smallest absolute Gasteiger partial charge is 0.237 e. The topological polar surface area (TPSA) is 49.4 Å². The molecule has 1 aliphatic rings. The van der Waals surface area contributed by atoms with Gasteiger partial charge in [0.25, 0.3) is 0 Å². The Bertz CT molecular complexity index is 269. The van der Waals surface area contributed by atoms with E-state index in [2.05, 4.69) is 19.2 Å². The van der Waals surface area contributed by atoms with Gasteiger partial charge in [0.2, 0.25) is 5.91 Å². The van der Waals surface area contributed by atoms with Gasteiger partial charge in [0.1, 0.15) is 0 Å². The van der Waals surface area contributed by atoms with Crippen LogP contribution in [-0.2, 0) is 15.6 Å². The first-order valence-electron chi connectivity index (χ1n) is 5.83. The maximum Gasteiger partial charge on any atom is 0.237 e. The third-order valence-electron chi connectivity index (χ3n) is 2.71. The third kappa shape index (κ3) is 4.22. The van der Waals surface area contributed by atoms with Crippen molar-refractivity contribution >= 4 is 16.7 Å². The molecule has 0 aromatic rings. The van der Waals surface area contributed by atoms with Crippen molar-refractivity contribution in [3.05, 3.63) is 0 Å². The molecule has 0 aliphatic carbocycles. The van der Waals surface area contributed by atoms with Crippen molar-refractivity contribution in [1.82, 2.24) is 10.2 Å². The van der Waals surface area contributed by atoms with Gasteiger partial charge >= 0.3 is 0 Å². The van der Waals surface area contributed by atoms with E-state index in [0.717, 1.165) is 19.4 Å². The van der Waals surface area contributed by atoms with E-state index in [9.17, 15) is 9.00 Å². The van der Waals surface area contributed by atoms with Crippen molar-refractivity contribution in [2.24, 2.45) is 5.92 Å². The fourth-order valence-electron chi connectivity index (χ4n) is 1.97. The number of nitrogens with one attached hydrogen (secondary N) is 1. The predicted molar refractivity (Wildman–Crippen MR) is 66.5 cm³/mol. The molecule has 1 aliphatic heterocycles. The Morgan fingerprint density at radius 3 is 2.81 bits per heavy atom. The molecule has 1 N–H and O–H groups in total. The van der Waals surface area contributed by atoms with Crippen molar-refractivity contribution in [3.8, 4) is 0 Å². The first kappa shape index (κ1) is 13.6. The van der Waals surface area contributed by atoms with Gasteiger partial charge in [-0.1, -0.05) is 13.8 Å². The number of carbonyl (C=O) groups excluding carboxylic acids is 1. The van der Waals surface area contributed by atoms with E-state index in [1.54, 1.807) is 6.26 Å². The molecule has 94 valence electrons. The Hall–Kier alpha value is -0.420.